The summed E-state index contributed by atoms with van der Waals surface area (Å²) in [5.41, 5.74) is -0.129. The van der Waals surface area contributed by atoms with E-state index in [9.17, 15) is 4.39 Å². The van der Waals surface area contributed by atoms with E-state index in [1.165, 1.54) is 6.42 Å². The molecular formula is C14H24FNO. The summed E-state index contributed by atoms with van der Waals surface area (Å²) in [6, 6.07) is 0. The van der Waals surface area contributed by atoms with Gasteiger partial charge in [-0.3, -0.25) is 4.90 Å². The van der Waals surface area contributed by atoms with Gasteiger partial charge < -0.3 is 4.74 Å². The van der Waals surface area contributed by atoms with Crippen molar-refractivity contribution < 1.29 is 9.13 Å². The van der Waals surface area contributed by atoms with Gasteiger partial charge >= 0.3 is 0 Å². The van der Waals surface area contributed by atoms with Crippen LogP contribution in [0.5, 0.6) is 0 Å². The first-order chi connectivity index (χ1) is 7.87. The molecule has 2 heterocycles. The third-order valence-corrected chi connectivity index (χ3v) is 4.66. The molecule has 0 bridgehead atoms. The van der Waals surface area contributed by atoms with Crippen LogP contribution in [0.15, 0.2) is 0 Å². The van der Waals surface area contributed by atoms with Crippen LogP contribution >= 0.6 is 0 Å². The monoisotopic (exact) mass is 241 g/mol. The summed E-state index contributed by atoms with van der Waals surface area (Å²) in [5, 5.41) is 0. The lowest BCUT2D eigenvalue weighted by atomic mass is 9.84. The minimum Gasteiger partial charge on any atom is -0.367 e. The highest BCUT2D eigenvalue weighted by Gasteiger charge is 2.68. The lowest BCUT2D eigenvalue weighted by molar-refractivity contribution is -0.135. The van der Waals surface area contributed by atoms with Crippen LogP contribution < -0.4 is 0 Å². The van der Waals surface area contributed by atoms with Gasteiger partial charge in [0.15, 0.2) is 0 Å². The van der Waals surface area contributed by atoms with Crippen LogP contribution in [0.1, 0.15) is 52.9 Å². The van der Waals surface area contributed by atoms with Crippen LogP contribution in [-0.4, -0.2) is 40.9 Å². The number of hydrogen-bond acceptors (Lipinski definition) is 2. The van der Waals surface area contributed by atoms with Crippen molar-refractivity contribution in [1.82, 2.24) is 4.90 Å². The van der Waals surface area contributed by atoms with Crippen LogP contribution in [-0.2, 0) is 4.74 Å². The minimum absolute atomic E-state index is 0.0275. The van der Waals surface area contributed by atoms with Crippen LogP contribution in [0.25, 0.3) is 0 Å². The highest BCUT2D eigenvalue weighted by Crippen LogP contribution is 2.60. The average molecular weight is 241 g/mol. The zero-order valence-electron chi connectivity index (χ0n) is 11.3. The van der Waals surface area contributed by atoms with E-state index >= 15 is 0 Å². The number of hydrogen-bond donors (Lipinski definition) is 0. The van der Waals surface area contributed by atoms with Crippen molar-refractivity contribution in [1.29, 1.82) is 0 Å². The van der Waals surface area contributed by atoms with Crippen molar-refractivity contribution in [2.24, 2.45) is 0 Å². The van der Waals surface area contributed by atoms with E-state index in [1.54, 1.807) is 0 Å². The number of alkyl halides is 1. The Morgan fingerprint density at radius 3 is 2.53 bits per heavy atom. The van der Waals surface area contributed by atoms with Gasteiger partial charge in [0.2, 0.25) is 0 Å². The third kappa shape index (κ3) is 1.74. The number of rotatable bonds is 2. The van der Waals surface area contributed by atoms with Gasteiger partial charge in [-0.05, 0) is 53.0 Å². The van der Waals surface area contributed by atoms with Crippen LogP contribution in [0.4, 0.5) is 4.39 Å². The van der Waals surface area contributed by atoms with E-state index in [-0.39, 0.29) is 16.7 Å². The van der Waals surface area contributed by atoms with Gasteiger partial charge in [-0.15, -0.1) is 0 Å². The Morgan fingerprint density at radius 2 is 1.94 bits per heavy atom. The summed E-state index contributed by atoms with van der Waals surface area (Å²) >= 11 is 0. The summed E-state index contributed by atoms with van der Waals surface area (Å²) in [7, 11) is 0. The van der Waals surface area contributed by atoms with E-state index in [4.69, 9.17) is 4.74 Å². The second kappa shape index (κ2) is 3.45. The predicted molar refractivity (Wildman–Crippen MR) is 65.9 cm³/mol. The van der Waals surface area contributed by atoms with Crippen molar-refractivity contribution in [3.8, 4) is 0 Å². The second-order valence-electron chi connectivity index (χ2n) is 7.09. The molecule has 0 radical (unpaired) electrons. The standard InChI is InChI=1S/C14H24FNO/c1-12(2,3)17-14(6-7-14)13-5-4-8-16(13)10-11(15)9-13/h11H,4-10H2,1-3H3. The molecule has 3 heteroatoms. The van der Waals surface area contributed by atoms with Gasteiger partial charge in [0.05, 0.1) is 16.7 Å². The first-order valence-corrected chi connectivity index (χ1v) is 6.96. The molecule has 3 fully saturated rings. The highest BCUT2D eigenvalue weighted by molar-refractivity contribution is 5.22. The molecule has 2 atom stereocenters. The van der Waals surface area contributed by atoms with Gasteiger partial charge in [-0.25, -0.2) is 4.39 Å². The largest absolute Gasteiger partial charge is 0.367 e. The Bertz CT molecular complexity index is 321. The molecule has 0 aromatic heterocycles. The van der Waals surface area contributed by atoms with Gasteiger partial charge in [0.1, 0.15) is 6.17 Å². The SMILES string of the molecule is CC(C)(C)OC1(C23CCCN2CC(F)C3)CC1. The summed E-state index contributed by atoms with van der Waals surface area (Å²) < 4.78 is 20.1. The van der Waals surface area contributed by atoms with E-state index < -0.39 is 6.17 Å². The van der Waals surface area contributed by atoms with E-state index in [0.717, 1.165) is 25.8 Å². The van der Waals surface area contributed by atoms with Crippen molar-refractivity contribution >= 4 is 0 Å². The molecule has 3 aliphatic rings. The van der Waals surface area contributed by atoms with E-state index in [1.807, 2.05) is 0 Å². The average Bonchev–Trinajstić information content (AvgIpc) is 2.67. The van der Waals surface area contributed by atoms with Gasteiger partial charge in [-0.1, -0.05) is 0 Å². The molecule has 0 spiro atoms. The molecule has 2 aliphatic heterocycles. The van der Waals surface area contributed by atoms with E-state index in [2.05, 4.69) is 25.7 Å². The van der Waals surface area contributed by atoms with Crippen LogP contribution in [0, 0.1) is 0 Å². The van der Waals surface area contributed by atoms with Gasteiger partial charge in [-0.2, -0.15) is 0 Å². The molecular weight excluding hydrogens is 217 g/mol. The molecule has 0 amide bonds. The Kier molecular flexibility index (Phi) is 2.41. The maximum Gasteiger partial charge on any atom is 0.115 e. The zero-order chi connectivity index (χ0) is 12.3. The summed E-state index contributed by atoms with van der Waals surface area (Å²) in [5.74, 6) is 0. The minimum atomic E-state index is -0.642. The number of nitrogens with zero attached hydrogens (tertiary/aromatic N) is 1. The third-order valence-electron chi connectivity index (χ3n) is 4.66. The fourth-order valence-electron chi connectivity index (χ4n) is 4.17. The fraction of sp³-hybridized carbons (Fsp3) is 1.00. The quantitative estimate of drug-likeness (QED) is 0.737. The molecule has 2 nitrogen and oxygen atoms in total. The smallest absolute Gasteiger partial charge is 0.115 e. The molecule has 17 heavy (non-hydrogen) atoms. The Hall–Kier alpha value is -0.150. The molecule has 98 valence electrons. The van der Waals surface area contributed by atoms with Crippen molar-refractivity contribution in [2.75, 3.05) is 13.1 Å². The van der Waals surface area contributed by atoms with Gasteiger partial charge in [0.25, 0.3) is 0 Å². The first-order valence-electron chi connectivity index (χ1n) is 6.96. The number of fused-ring (bicyclic) bond motifs is 1. The first kappa shape index (κ1) is 11.9. The van der Waals surface area contributed by atoms with Crippen molar-refractivity contribution in [3.63, 3.8) is 0 Å². The molecule has 1 aliphatic carbocycles. The summed E-state index contributed by atoms with van der Waals surface area (Å²) in [6.07, 6.45) is 4.63. The normalized spacial score (nSPS) is 40.6. The Labute approximate surface area is 104 Å². The topological polar surface area (TPSA) is 12.5 Å². The highest BCUT2D eigenvalue weighted by atomic mass is 19.1. The zero-order valence-corrected chi connectivity index (χ0v) is 11.3. The van der Waals surface area contributed by atoms with Gasteiger partial charge in [0, 0.05) is 13.0 Å². The molecule has 0 N–H and O–H groups in total. The summed E-state index contributed by atoms with van der Waals surface area (Å²) in [4.78, 5) is 2.39. The molecule has 0 aromatic rings. The Balaban J connectivity index is 1.87. The lowest BCUT2D eigenvalue weighted by Crippen LogP contribution is -2.54. The lowest BCUT2D eigenvalue weighted by Gasteiger charge is -2.43. The molecule has 3 rings (SSSR count). The molecule has 1 saturated carbocycles. The second-order valence-corrected chi connectivity index (χ2v) is 7.09. The van der Waals surface area contributed by atoms with Crippen molar-refractivity contribution in [2.45, 2.75) is 75.8 Å². The van der Waals surface area contributed by atoms with Crippen LogP contribution in [0.2, 0.25) is 0 Å². The number of ether oxygens (including phenoxy) is 1. The molecule has 2 saturated heterocycles. The Morgan fingerprint density at radius 1 is 1.24 bits per heavy atom. The fourth-order valence-corrected chi connectivity index (χ4v) is 4.17. The maximum atomic E-state index is 13.8. The van der Waals surface area contributed by atoms with Crippen molar-refractivity contribution in [3.05, 3.63) is 0 Å². The predicted octanol–water partition coefficient (Wildman–Crippen LogP) is 2.91. The maximum absolute atomic E-state index is 13.8. The molecule has 2 unspecified atom stereocenters. The van der Waals surface area contributed by atoms with Crippen LogP contribution in [0.3, 0.4) is 0 Å². The molecule has 0 aromatic carbocycles. The number of halogens is 1. The van der Waals surface area contributed by atoms with E-state index in [0.29, 0.717) is 13.0 Å². The summed E-state index contributed by atoms with van der Waals surface area (Å²) in [6.45, 7) is 8.05.